The molecule has 4 heteroatoms. The second-order valence-corrected chi connectivity index (χ2v) is 6.48. The second kappa shape index (κ2) is 6.39. The molecule has 21 heavy (non-hydrogen) atoms. The molecule has 2 heterocycles. The number of nitrogens with zero attached hydrogens (tertiary/aromatic N) is 2. The van der Waals surface area contributed by atoms with Crippen LogP contribution in [0, 0.1) is 6.92 Å². The largest absolute Gasteiger partial charge is 0.337 e. The lowest BCUT2D eigenvalue weighted by Gasteiger charge is -2.24. The summed E-state index contributed by atoms with van der Waals surface area (Å²) >= 11 is 1.45. The van der Waals surface area contributed by atoms with E-state index in [0.717, 1.165) is 36.5 Å². The van der Waals surface area contributed by atoms with Gasteiger partial charge in [-0.1, -0.05) is 36.8 Å². The van der Waals surface area contributed by atoms with Crippen molar-refractivity contribution >= 4 is 17.2 Å². The van der Waals surface area contributed by atoms with Gasteiger partial charge in [0, 0.05) is 19.0 Å². The zero-order chi connectivity index (χ0) is 14.7. The molecule has 1 aromatic carbocycles. The molecule has 1 atom stereocenters. The molecule has 0 N–H and O–H groups in total. The quantitative estimate of drug-likeness (QED) is 0.843. The number of hydrogen-bond acceptors (Lipinski definition) is 3. The number of likely N-dealkylation sites (tertiary alicyclic amines) is 1. The molecule has 1 aliphatic heterocycles. The molecule has 2 aromatic rings. The van der Waals surface area contributed by atoms with Crippen LogP contribution in [-0.4, -0.2) is 28.9 Å². The van der Waals surface area contributed by atoms with Crippen LogP contribution in [0.25, 0.3) is 0 Å². The fourth-order valence-corrected chi connectivity index (χ4v) is 3.74. The number of thiazole rings is 1. The van der Waals surface area contributed by atoms with E-state index in [9.17, 15) is 4.79 Å². The van der Waals surface area contributed by atoms with Gasteiger partial charge in [-0.2, -0.15) is 0 Å². The number of amides is 1. The van der Waals surface area contributed by atoms with Crippen molar-refractivity contribution in [3.63, 3.8) is 0 Å². The summed E-state index contributed by atoms with van der Waals surface area (Å²) in [5.74, 6) is 0.601. The van der Waals surface area contributed by atoms with Crippen LogP contribution in [0.4, 0.5) is 0 Å². The molecular weight excluding hydrogens is 280 g/mol. The Hall–Kier alpha value is -1.68. The normalized spacial score (nSPS) is 19.3. The first-order valence-corrected chi connectivity index (χ1v) is 8.38. The van der Waals surface area contributed by atoms with Crippen LogP contribution in [0.3, 0.4) is 0 Å². The summed E-state index contributed by atoms with van der Waals surface area (Å²) in [5.41, 5.74) is 3.96. The summed E-state index contributed by atoms with van der Waals surface area (Å²) in [5, 5.41) is 0. The molecule has 1 aromatic heterocycles. The van der Waals surface area contributed by atoms with E-state index in [1.807, 2.05) is 17.9 Å². The minimum atomic E-state index is 0.151. The molecular formula is C17H20N2OS. The van der Waals surface area contributed by atoms with Crippen LogP contribution in [0.15, 0.2) is 35.8 Å². The van der Waals surface area contributed by atoms with E-state index in [1.165, 1.54) is 23.3 Å². The summed E-state index contributed by atoms with van der Waals surface area (Å²) in [6.07, 6.45) is 3.44. The Morgan fingerprint density at radius 3 is 2.81 bits per heavy atom. The summed E-state index contributed by atoms with van der Waals surface area (Å²) in [4.78, 5) is 19.7. The standard InChI is InChI=1S/C17H20N2OS/c1-13-16(21-12-18-13)17(20)19-10-6-5-9-15(11-19)14-7-3-2-4-8-14/h2-4,7-8,12,15H,5-6,9-11H2,1H3. The van der Waals surface area contributed by atoms with Crippen LogP contribution >= 0.6 is 11.3 Å². The number of carbonyl (C=O) groups excluding carboxylic acids is 1. The average molecular weight is 300 g/mol. The Morgan fingerprint density at radius 1 is 1.29 bits per heavy atom. The Labute approximate surface area is 129 Å². The summed E-state index contributed by atoms with van der Waals surface area (Å²) in [6.45, 7) is 3.59. The van der Waals surface area contributed by atoms with Crippen LogP contribution in [0.5, 0.6) is 0 Å². The first-order chi connectivity index (χ1) is 10.3. The Balaban J connectivity index is 1.79. The molecule has 3 rings (SSSR count). The van der Waals surface area contributed by atoms with E-state index in [0.29, 0.717) is 5.92 Å². The van der Waals surface area contributed by atoms with E-state index in [2.05, 4.69) is 29.2 Å². The number of benzene rings is 1. The third kappa shape index (κ3) is 3.16. The van der Waals surface area contributed by atoms with Crippen molar-refractivity contribution in [2.75, 3.05) is 13.1 Å². The third-order valence-electron chi connectivity index (χ3n) is 4.17. The molecule has 0 spiro atoms. The van der Waals surface area contributed by atoms with Crippen molar-refractivity contribution in [1.29, 1.82) is 0 Å². The molecule has 0 saturated carbocycles. The van der Waals surface area contributed by atoms with Crippen LogP contribution in [0.2, 0.25) is 0 Å². The van der Waals surface area contributed by atoms with Gasteiger partial charge in [-0.05, 0) is 25.3 Å². The highest BCUT2D eigenvalue weighted by Gasteiger charge is 2.25. The zero-order valence-corrected chi connectivity index (χ0v) is 13.1. The van der Waals surface area contributed by atoms with Crippen molar-refractivity contribution in [1.82, 2.24) is 9.88 Å². The van der Waals surface area contributed by atoms with E-state index in [-0.39, 0.29) is 5.91 Å². The highest BCUT2D eigenvalue weighted by Crippen LogP contribution is 2.28. The fraction of sp³-hybridized carbons (Fsp3) is 0.412. The third-order valence-corrected chi connectivity index (χ3v) is 5.09. The zero-order valence-electron chi connectivity index (χ0n) is 12.3. The molecule has 1 amide bonds. The van der Waals surface area contributed by atoms with Gasteiger partial charge in [0.2, 0.25) is 0 Å². The lowest BCUT2D eigenvalue weighted by molar-refractivity contribution is 0.0758. The Morgan fingerprint density at radius 2 is 2.10 bits per heavy atom. The van der Waals surface area contributed by atoms with Gasteiger partial charge in [0.25, 0.3) is 5.91 Å². The van der Waals surface area contributed by atoms with Gasteiger partial charge in [-0.3, -0.25) is 4.79 Å². The number of carbonyl (C=O) groups is 1. The molecule has 1 aliphatic rings. The lowest BCUT2D eigenvalue weighted by Crippen LogP contribution is -2.34. The van der Waals surface area contributed by atoms with E-state index >= 15 is 0 Å². The molecule has 1 fully saturated rings. The number of rotatable bonds is 2. The maximum Gasteiger partial charge on any atom is 0.265 e. The predicted molar refractivity (Wildman–Crippen MR) is 85.8 cm³/mol. The fourth-order valence-electron chi connectivity index (χ4n) is 2.97. The monoisotopic (exact) mass is 300 g/mol. The van der Waals surface area contributed by atoms with Crippen LogP contribution in [-0.2, 0) is 0 Å². The Bertz CT molecular complexity index is 608. The molecule has 110 valence electrons. The van der Waals surface area contributed by atoms with Gasteiger partial charge in [-0.15, -0.1) is 11.3 Å². The minimum Gasteiger partial charge on any atom is -0.337 e. The first kappa shape index (κ1) is 14.3. The lowest BCUT2D eigenvalue weighted by atomic mass is 9.94. The molecule has 3 nitrogen and oxygen atoms in total. The summed E-state index contributed by atoms with van der Waals surface area (Å²) in [7, 11) is 0. The van der Waals surface area contributed by atoms with E-state index in [1.54, 1.807) is 5.51 Å². The van der Waals surface area contributed by atoms with Gasteiger partial charge >= 0.3 is 0 Å². The SMILES string of the molecule is Cc1ncsc1C(=O)N1CCCCC(c2ccccc2)C1. The maximum atomic E-state index is 12.7. The summed E-state index contributed by atoms with van der Waals surface area (Å²) in [6, 6.07) is 10.6. The molecule has 0 aliphatic carbocycles. The van der Waals surface area contributed by atoms with Gasteiger partial charge in [0.15, 0.2) is 0 Å². The van der Waals surface area contributed by atoms with Gasteiger partial charge in [0.1, 0.15) is 4.88 Å². The minimum absolute atomic E-state index is 0.151. The first-order valence-electron chi connectivity index (χ1n) is 7.50. The number of aromatic nitrogens is 1. The molecule has 0 bridgehead atoms. The van der Waals surface area contributed by atoms with Gasteiger partial charge in [-0.25, -0.2) is 4.98 Å². The summed E-state index contributed by atoms with van der Waals surface area (Å²) < 4.78 is 0. The second-order valence-electron chi connectivity index (χ2n) is 5.62. The molecule has 1 unspecified atom stereocenters. The molecule has 0 radical (unpaired) electrons. The number of aryl methyl sites for hydroxylation is 1. The van der Waals surface area contributed by atoms with Crippen molar-refractivity contribution in [2.24, 2.45) is 0 Å². The molecule has 1 saturated heterocycles. The van der Waals surface area contributed by atoms with Crippen molar-refractivity contribution in [3.05, 3.63) is 52.0 Å². The topological polar surface area (TPSA) is 33.2 Å². The maximum absolute atomic E-state index is 12.7. The van der Waals surface area contributed by atoms with Crippen LogP contribution in [0.1, 0.15) is 46.1 Å². The van der Waals surface area contributed by atoms with Crippen molar-refractivity contribution < 1.29 is 4.79 Å². The highest BCUT2D eigenvalue weighted by atomic mass is 32.1. The van der Waals surface area contributed by atoms with Gasteiger partial charge < -0.3 is 4.90 Å². The Kier molecular flexibility index (Phi) is 4.34. The highest BCUT2D eigenvalue weighted by molar-refractivity contribution is 7.11. The van der Waals surface area contributed by atoms with E-state index < -0.39 is 0 Å². The predicted octanol–water partition coefficient (Wildman–Crippen LogP) is 3.86. The smallest absolute Gasteiger partial charge is 0.265 e. The van der Waals surface area contributed by atoms with Crippen LogP contribution < -0.4 is 0 Å². The van der Waals surface area contributed by atoms with E-state index in [4.69, 9.17) is 0 Å². The van der Waals surface area contributed by atoms with Crippen molar-refractivity contribution in [3.8, 4) is 0 Å². The van der Waals surface area contributed by atoms with Gasteiger partial charge in [0.05, 0.1) is 11.2 Å². The number of hydrogen-bond donors (Lipinski definition) is 0. The van der Waals surface area contributed by atoms with Crippen molar-refractivity contribution in [2.45, 2.75) is 32.1 Å². The average Bonchev–Trinajstić information content (AvgIpc) is 2.80.